The lowest BCUT2D eigenvalue weighted by molar-refractivity contribution is 0.00895. The minimum atomic E-state index is -0.517. The zero-order valence-corrected chi connectivity index (χ0v) is 10.6. The molecule has 3 N–H and O–H groups in total. The molecule has 0 amide bonds. The standard InChI is InChI=1S/C15H20N2O/c18-15(7-3-9-16-11-15)8-6-12-10-17-14-5-2-1-4-13(12)14/h1-2,4-5,10,16-18H,3,6-9,11H2. The van der Waals surface area contributed by atoms with E-state index in [1.165, 1.54) is 16.5 Å². The molecule has 1 fully saturated rings. The minimum absolute atomic E-state index is 0.517. The molecule has 2 aromatic rings. The Morgan fingerprint density at radius 3 is 3.00 bits per heavy atom. The van der Waals surface area contributed by atoms with Crippen LogP contribution in [0, 0.1) is 0 Å². The molecule has 2 heterocycles. The van der Waals surface area contributed by atoms with Gasteiger partial charge in [0.2, 0.25) is 0 Å². The van der Waals surface area contributed by atoms with Crippen LogP contribution in [0.4, 0.5) is 0 Å². The molecule has 96 valence electrons. The van der Waals surface area contributed by atoms with Gasteiger partial charge in [-0.2, -0.15) is 0 Å². The number of aromatic amines is 1. The number of nitrogens with one attached hydrogen (secondary N) is 2. The number of benzene rings is 1. The third-order valence-electron chi connectivity index (χ3n) is 3.98. The van der Waals surface area contributed by atoms with Crippen molar-refractivity contribution in [3.8, 4) is 0 Å². The van der Waals surface area contributed by atoms with Crippen molar-refractivity contribution in [2.75, 3.05) is 13.1 Å². The van der Waals surface area contributed by atoms with Gasteiger partial charge in [0.25, 0.3) is 0 Å². The largest absolute Gasteiger partial charge is 0.389 e. The van der Waals surface area contributed by atoms with Crippen molar-refractivity contribution in [3.63, 3.8) is 0 Å². The van der Waals surface area contributed by atoms with Gasteiger partial charge in [0.05, 0.1) is 5.60 Å². The highest BCUT2D eigenvalue weighted by molar-refractivity contribution is 5.83. The van der Waals surface area contributed by atoms with E-state index < -0.39 is 5.60 Å². The molecule has 1 aliphatic rings. The molecule has 3 rings (SSSR count). The van der Waals surface area contributed by atoms with Gasteiger partial charge in [0.15, 0.2) is 0 Å². The van der Waals surface area contributed by atoms with Gasteiger partial charge in [0.1, 0.15) is 0 Å². The highest BCUT2D eigenvalue weighted by atomic mass is 16.3. The predicted octanol–water partition coefficient (Wildman–Crippen LogP) is 2.21. The molecule has 1 atom stereocenters. The van der Waals surface area contributed by atoms with Gasteiger partial charge >= 0.3 is 0 Å². The summed E-state index contributed by atoms with van der Waals surface area (Å²) in [7, 11) is 0. The number of fused-ring (bicyclic) bond motifs is 1. The van der Waals surface area contributed by atoms with Gasteiger partial charge in [-0.15, -0.1) is 0 Å². The van der Waals surface area contributed by atoms with Crippen molar-refractivity contribution in [2.45, 2.75) is 31.3 Å². The molecular weight excluding hydrogens is 224 g/mol. The highest BCUT2D eigenvalue weighted by Crippen LogP contribution is 2.25. The Morgan fingerprint density at radius 2 is 2.17 bits per heavy atom. The summed E-state index contributed by atoms with van der Waals surface area (Å²) in [6.07, 6.45) is 5.83. The average Bonchev–Trinajstić information content (AvgIpc) is 2.81. The van der Waals surface area contributed by atoms with Crippen LogP contribution in [0.2, 0.25) is 0 Å². The van der Waals surface area contributed by atoms with Gasteiger partial charge < -0.3 is 15.4 Å². The zero-order chi connectivity index (χ0) is 12.4. The topological polar surface area (TPSA) is 48.0 Å². The predicted molar refractivity (Wildman–Crippen MR) is 73.7 cm³/mol. The number of β-amino-alcohol motifs (C(OH)–C–C–N with tert-alkyl or cyclic N) is 1. The van der Waals surface area contributed by atoms with Crippen molar-refractivity contribution in [1.82, 2.24) is 10.3 Å². The van der Waals surface area contributed by atoms with Crippen molar-refractivity contribution in [3.05, 3.63) is 36.0 Å². The van der Waals surface area contributed by atoms with Crippen LogP contribution in [0.5, 0.6) is 0 Å². The second kappa shape index (κ2) is 4.75. The number of hydrogen-bond acceptors (Lipinski definition) is 2. The fourth-order valence-electron chi connectivity index (χ4n) is 2.87. The average molecular weight is 244 g/mol. The lowest BCUT2D eigenvalue weighted by Gasteiger charge is -2.32. The fourth-order valence-corrected chi connectivity index (χ4v) is 2.87. The van der Waals surface area contributed by atoms with E-state index in [1.807, 2.05) is 6.07 Å². The maximum atomic E-state index is 10.5. The Morgan fingerprint density at radius 1 is 1.28 bits per heavy atom. The van der Waals surface area contributed by atoms with E-state index >= 15 is 0 Å². The van der Waals surface area contributed by atoms with Gasteiger partial charge in [-0.3, -0.25) is 0 Å². The summed E-state index contributed by atoms with van der Waals surface area (Å²) in [5.41, 5.74) is 1.97. The molecule has 0 aliphatic carbocycles. The summed E-state index contributed by atoms with van der Waals surface area (Å²) in [6, 6.07) is 8.35. The number of hydrogen-bond donors (Lipinski definition) is 3. The van der Waals surface area contributed by atoms with E-state index in [1.54, 1.807) is 0 Å². The maximum Gasteiger partial charge on any atom is 0.0775 e. The minimum Gasteiger partial charge on any atom is -0.389 e. The summed E-state index contributed by atoms with van der Waals surface area (Å²) in [4.78, 5) is 3.29. The Balaban J connectivity index is 1.73. The zero-order valence-electron chi connectivity index (χ0n) is 10.6. The van der Waals surface area contributed by atoms with Crippen LogP contribution in [0.25, 0.3) is 10.9 Å². The Labute approximate surface area is 107 Å². The third-order valence-corrected chi connectivity index (χ3v) is 3.98. The number of aromatic nitrogens is 1. The van der Waals surface area contributed by atoms with E-state index in [2.05, 4.69) is 34.7 Å². The molecule has 0 radical (unpaired) electrons. The molecule has 18 heavy (non-hydrogen) atoms. The van der Waals surface area contributed by atoms with Gasteiger partial charge in [-0.25, -0.2) is 0 Å². The van der Waals surface area contributed by atoms with E-state index in [9.17, 15) is 5.11 Å². The summed E-state index contributed by atoms with van der Waals surface area (Å²) >= 11 is 0. The SMILES string of the molecule is OC1(CCc2c[nH]c3ccccc23)CCCNC1. The molecule has 1 unspecified atom stereocenters. The first-order chi connectivity index (χ1) is 8.77. The monoisotopic (exact) mass is 244 g/mol. The van der Waals surface area contributed by atoms with Crippen LogP contribution in [0.15, 0.2) is 30.5 Å². The fraction of sp³-hybridized carbons (Fsp3) is 0.467. The van der Waals surface area contributed by atoms with Crippen molar-refractivity contribution >= 4 is 10.9 Å². The highest BCUT2D eigenvalue weighted by Gasteiger charge is 2.28. The van der Waals surface area contributed by atoms with Crippen molar-refractivity contribution in [2.24, 2.45) is 0 Å². The first kappa shape index (κ1) is 11.8. The third kappa shape index (κ3) is 2.28. The maximum absolute atomic E-state index is 10.5. The second-order valence-corrected chi connectivity index (χ2v) is 5.36. The van der Waals surface area contributed by atoms with E-state index in [4.69, 9.17) is 0 Å². The number of aliphatic hydroxyl groups is 1. The molecule has 0 bridgehead atoms. The number of piperidine rings is 1. The van der Waals surface area contributed by atoms with Crippen molar-refractivity contribution < 1.29 is 5.11 Å². The lowest BCUT2D eigenvalue weighted by Crippen LogP contribution is -2.45. The normalized spacial score (nSPS) is 24.5. The van der Waals surface area contributed by atoms with Gasteiger partial charge in [0, 0.05) is 23.6 Å². The molecule has 1 saturated heterocycles. The first-order valence-electron chi connectivity index (χ1n) is 6.75. The first-order valence-corrected chi connectivity index (χ1v) is 6.75. The Kier molecular flexibility index (Phi) is 3.10. The van der Waals surface area contributed by atoms with Gasteiger partial charge in [-0.1, -0.05) is 18.2 Å². The number of H-pyrrole nitrogens is 1. The van der Waals surface area contributed by atoms with Crippen LogP contribution in [0.3, 0.4) is 0 Å². The summed E-state index contributed by atoms with van der Waals surface area (Å²) in [5, 5.41) is 15.0. The van der Waals surface area contributed by atoms with Crippen LogP contribution in [0.1, 0.15) is 24.8 Å². The van der Waals surface area contributed by atoms with E-state index in [0.29, 0.717) is 0 Å². The van der Waals surface area contributed by atoms with E-state index in [0.717, 1.165) is 38.8 Å². The summed E-state index contributed by atoms with van der Waals surface area (Å²) < 4.78 is 0. The van der Waals surface area contributed by atoms with Crippen LogP contribution < -0.4 is 5.32 Å². The van der Waals surface area contributed by atoms with Crippen LogP contribution in [-0.2, 0) is 6.42 Å². The molecule has 1 aromatic carbocycles. The quantitative estimate of drug-likeness (QED) is 0.775. The molecular formula is C15H20N2O. The van der Waals surface area contributed by atoms with Crippen LogP contribution >= 0.6 is 0 Å². The Hall–Kier alpha value is -1.32. The molecule has 0 saturated carbocycles. The lowest BCUT2D eigenvalue weighted by atomic mass is 9.88. The van der Waals surface area contributed by atoms with Crippen molar-refractivity contribution in [1.29, 1.82) is 0 Å². The number of rotatable bonds is 3. The van der Waals surface area contributed by atoms with Crippen LogP contribution in [-0.4, -0.2) is 28.8 Å². The summed E-state index contributed by atoms with van der Waals surface area (Å²) in [6.45, 7) is 1.77. The molecule has 0 spiro atoms. The second-order valence-electron chi connectivity index (χ2n) is 5.36. The smallest absolute Gasteiger partial charge is 0.0775 e. The molecule has 1 aromatic heterocycles. The molecule has 1 aliphatic heterocycles. The Bertz CT molecular complexity index is 526. The molecule has 3 heteroatoms. The number of para-hydroxylation sites is 1. The van der Waals surface area contributed by atoms with E-state index in [-0.39, 0.29) is 0 Å². The molecule has 3 nitrogen and oxygen atoms in total. The number of aryl methyl sites for hydroxylation is 1. The van der Waals surface area contributed by atoms with Gasteiger partial charge in [-0.05, 0) is 43.9 Å². The summed E-state index contributed by atoms with van der Waals surface area (Å²) in [5.74, 6) is 0.